The van der Waals surface area contributed by atoms with E-state index in [0.717, 1.165) is 0 Å². The van der Waals surface area contributed by atoms with Crippen LogP contribution in [0.3, 0.4) is 0 Å². The molecule has 2 aliphatic rings. The van der Waals surface area contributed by atoms with Crippen molar-refractivity contribution in [3.63, 3.8) is 0 Å². The van der Waals surface area contributed by atoms with E-state index in [4.69, 9.17) is 0 Å². The molecule has 0 aromatic heterocycles. The third kappa shape index (κ3) is 2.12. The van der Waals surface area contributed by atoms with Crippen molar-refractivity contribution in [1.82, 2.24) is 0 Å². The fraction of sp³-hybridized carbons (Fsp3) is 0.500. The molecule has 0 saturated heterocycles. The van der Waals surface area contributed by atoms with Crippen LogP contribution in [0, 0.1) is 5.41 Å². The van der Waals surface area contributed by atoms with Crippen LogP contribution < -0.4 is 0 Å². The molecular weight excluding hydrogens is 371 g/mol. The molecule has 1 atom stereocenters. The molecule has 0 aliphatic heterocycles. The summed E-state index contributed by atoms with van der Waals surface area (Å²) in [4.78, 5) is 0. The molecule has 0 saturated carbocycles. The van der Waals surface area contributed by atoms with Gasteiger partial charge in [-0.05, 0) is 0 Å². The largest absolute Gasteiger partial charge is 1.00 e. The van der Waals surface area contributed by atoms with Crippen molar-refractivity contribution in [2.24, 2.45) is 5.41 Å². The zero-order valence-corrected chi connectivity index (χ0v) is 15.2. The summed E-state index contributed by atoms with van der Waals surface area (Å²) < 4.78 is 3.62. The van der Waals surface area contributed by atoms with Crippen molar-refractivity contribution < 1.29 is 25.8 Å². The zero-order chi connectivity index (χ0) is 12.6. The van der Waals surface area contributed by atoms with Gasteiger partial charge in [-0.25, -0.2) is 0 Å². The van der Waals surface area contributed by atoms with E-state index >= 15 is 0 Å². The van der Waals surface area contributed by atoms with Crippen LogP contribution in [0.15, 0.2) is 41.6 Å². The first-order valence-electron chi connectivity index (χ1n) is 6.53. The molecule has 0 spiro atoms. The monoisotopic (exact) mass is 396 g/mol. The molecule has 2 rings (SSSR count). The molecular formula is C16H24Hf-2. The maximum Gasteiger partial charge on any atom is -1.00 e. The topological polar surface area (TPSA) is 0 Å². The van der Waals surface area contributed by atoms with Crippen molar-refractivity contribution >= 4 is 0 Å². The van der Waals surface area contributed by atoms with Gasteiger partial charge in [0.2, 0.25) is 0 Å². The van der Waals surface area contributed by atoms with E-state index in [9.17, 15) is 0 Å². The first-order chi connectivity index (χ1) is 8.00. The zero-order valence-electron chi connectivity index (χ0n) is 13.6. The number of allylic oxidation sites excluding steroid dienone is 8. The molecule has 1 heteroatoms. The van der Waals surface area contributed by atoms with E-state index in [2.05, 4.69) is 52.8 Å². The normalized spacial score (nSPS) is 28.2. The van der Waals surface area contributed by atoms with E-state index < -0.39 is 22.9 Å². The molecule has 0 bridgehead atoms. The number of hydrogen-bond acceptors (Lipinski definition) is 0. The summed E-state index contributed by atoms with van der Waals surface area (Å²) in [6, 6.07) is 0. The Hall–Kier alpha value is -0.170. The van der Waals surface area contributed by atoms with E-state index in [1.165, 1.54) is 12.8 Å². The third-order valence-corrected chi connectivity index (χ3v) is 11.4. The summed E-state index contributed by atoms with van der Waals surface area (Å²) >= 11 is -0.781. The Kier molecular flexibility index (Phi) is 3.77. The van der Waals surface area contributed by atoms with E-state index in [0.29, 0.717) is 5.41 Å². The number of rotatable bonds is 3. The molecule has 1 unspecified atom stereocenters. The summed E-state index contributed by atoms with van der Waals surface area (Å²) in [5.74, 6) is 0. The van der Waals surface area contributed by atoms with Gasteiger partial charge in [0, 0.05) is 0 Å². The molecule has 0 amide bonds. The van der Waals surface area contributed by atoms with Crippen LogP contribution in [0.4, 0.5) is 0 Å². The van der Waals surface area contributed by atoms with E-state index in [1.807, 2.05) is 3.33 Å². The fourth-order valence-corrected chi connectivity index (χ4v) is 9.09. The summed E-state index contributed by atoms with van der Waals surface area (Å²) in [7, 11) is 0. The Bertz CT molecular complexity index is 469. The molecule has 0 nitrogen and oxygen atoms in total. The second kappa shape index (κ2) is 4.84. The second-order valence-corrected chi connectivity index (χ2v) is 10.4. The summed E-state index contributed by atoms with van der Waals surface area (Å²) in [5.41, 5.74) is 5.22. The quantitative estimate of drug-likeness (QED) is 0.579. The standard InChI is InChI=1S/C11H17.C5H5.Hf.2H/c1-6-11(5)7-8(2)9(3)10(11)4;1-2-4-5-3-1;;;/h6H2,1-5H3;1-3H,4H2;;;/q;;;2*-1. The minimum absolute atomic E-state index is 0. The van der Waals surface area contributed by atoms with E-state index in [1.54, 1.807) is 20.0 Å². The molecule has 17 heavy (non-hydrogen) atoms. The predicted molar refractivity (Wildman–Crippen MR) is 73.5 cm³/mol. The molecule has 0 aromatic carbocycles. The average molecular weight is 395 g/mol. The molecule has 0 heterocycles. The number of hydrogen-bond donors (Lipinski definition) is 0. The first kappa shape index (κ1) is 13.3. The molecule has 94 valence electrons. The maximum atomic E-state index is 2.47. The fourth-order valence-electron chi connectivity index (χ4n) is 2.86. The van der Waals surface area contributed by atoms with E-state index in [-0.39, 0.29) is 2.85 Å². The van der Waals surface area contributed by atoms with Crippen molar-refractivity contribution in [3.8, 4) is 0 Å². The van der Waals surface area contributed by atoms with Gasteiger partial charge in [0.1, 0.15) is 0 Å². The van der Waals surface area contributed by atoms with Crippen LogP contribution in [0.2, 0.25) is 0 Å². The van der Waals surface area contributed by atoms with Crippen LogP contribution in [0.5, 0.6) is 0 Å². The maximum absolute atomic E-state index is 2.47. The van der Waals surface area contributed by atoms with Crippen molar-refractivity contribution in [2.45, 2.75) is 47.5 Å². The Balaban J connectivity index is 0.00000162. The average Bonchev–Trinajstić information content (AvgIpc) is 2.89. The summed E-state index contributed by atoms with van der Waals surface area (Å²) in [5, 5.41) is 0. The van der Waals surface area contributed by atoms with Crippen LogP contribution in [0.1, 0.15) is 50.3 Å². The van der Waals surface area contributed by atoms with Gasteiger partial charge in [0.05, 0.1) is 0 Å². The van der Waals surface area contributed by atoms with Gasteiger partial charge < -0.3 is 2.85 Å². The molecule has 2 aliphatic carbocycles. The third-order valence-electron chi connectivity index (χ3n) is 4.64. The molecule has 0 radical (unpaired) electrons. The van der Waals surface area contributed by atoms with Crippen LogP contribution in [-0.2, 0) is 22.9 Å². The van der Waals surface area contributed by atoms with Gasteiger partial charge in [0.25, 0.3) is 0 Å². The van der Waals surface area contributed by atoms with Gasteiger partial charge in [-0.2, -0.15) is 0 Å². The minimum Gasteiger partial charge on any atom is -1.00 e. The van der Waals surface area contributed by atoms with Gasteiger partial charge in [-0.3, -0.25) is 0 Å². The Morgan fingerprint density at radius 3 is 2.53 bits per heavy atom. The Morgan fingerprint density at radius 2 is 2.00 bits per heavy atom. The van der Waals surface area contributed by atoms with Gasteiger partial charge in [-0.15, -0.1) is 0 Å². The van der Waals surface area contributed by atoms with Crippen molar-refractivity contribution in [1.29, 1.82) is 0 Å². The summed E-state index contributed by atoms with van der Waals surface area (Å²) in [6.07, 6.45) is 9.42. The van der Waals surface area contributed by atoms with Crippen molar-refractivity contribution in [3.05, 3.63) is 41.6 Å². The molecule has 0 fully saturated rings. The Labute approximate surface area is 120 Å². The van der Waals surface area contributed by atoms with Gasteiger partial charge >= 0.3 is 117 Å². The smallest absolute Gasteiger partial charge is 1.00 e. The van der Waals surface area contributed by atoms with Gasteiger partial charge in [-0.1, -0.05) is 0 Å². The first-order valence-corrected chi connectivity index (χ1v) is 10.1. The second-order valence-electron chi connectivity index (χ2n) is 5.38. The van der Waals surface area contributed by atoms with Crippen LogP contribution in [-0.4, -0.2) is 0 Å². The van der Waals surface area contributed by atoms with Crippen LogP contribution in [0.25, 0.3) is 0 Å². The SMILES string of the molecule is CCC1(C)C(C)=C(C)C(C)=[C]1[Hf][C]1=CC=CC1.[H-].[H-]. The van der Waals surface area contributed by atoms with Gasteiger partial charge in [0.15, 0.2) is 0 Å². The predicted octanol–water partition coefficient (Wildman–Crippen LogP) is 5.18. The summed E-state index contributed by atoms with van der Waals surface area (Å²) in [6.45, 7) is 11.8. The van der Waals surface area contributed by atoms with Crippen LogP contribution >= 0.6 is 0 Å². The van der Waals surface area contributed by atoms with Crippen molar-refractivity contribution in [2.75, 3.05) is 0 Å². The molecule has 0 N–H and O–H groups in total. The minimum atomic E-state index is -0.781. The Morgan fingerprint density at radius 1 is 1.29 bits per heavy atom. The molecule has 0 aromatic rings.